The zero-order valence-corrected chi connectivity index (χ0v) is 25.6. The van der Waals surface area contributed by atoms with Gasteiger partial charge in [0.2, 0.25) is 5.91 Å². The van der Waals surface area contributed by atoms with Crippen LogP contribution in [-0.2, 0) is 16.6 Å². The Kier molecular flexibility index (Phi) is 10.3. The molecule has 5 rings (SSSR count). The van der Waals surface area contributed by atoms with Crippen LogP contribution in [-0.4, -0.2) is 72.5 Å². The Morgan fingerprint density at radius 1 is 0.875 bits per heavy atom. The number of amides is 1. The lowest BCUT2D eigenvalue weighted by molar-refractivity contribution is -0.131. The normalized spacial score (nSPS) is 23.8. The van der Waals surface area contributed by atoms with Gasteiger partial charge in [0, 0.05) is 35.1 Å². The zero-order valence-electron chi connectivity index (χ0n) is 23.3. The molecule has 40 heavy (non-hydrogen) atoms. The molecule has 3 fully saturated rings. The molecule has 0 aromatic heterocycles. The van der Waals surface area contributed by atoms with Gasteiger partial charge in [-0.1, -0.05) is 59.8 Å². The average molecular weight is 609 g/mol. The average Bonchev–Trinajstić information content (AvgIpc) is 3.20. The first-order chi connectivity index (χ1) is 19.3. The quantitative estimate of drug-likeness (QED) is 0.324. The molecule has 0 unspecified atom stereocenters. The second kappa shape index (κ2) is 13.7. The Balaban J connectivity index is 1.32. The number of halogens is 4. The third kappa shape index (κ3) is 7.15. The van der Waals surface area contributed by atoms with Crippen LogP contribution < -0.4 is 0 Å². The fourth-order valence-corrected chi connectivity index (χ4v) is 7.57. The smallest absolute Gasteiger partial charge is 0.227 e. The number of piperidine rings is 2. The first-order valence-electron chi connectivity index (χ1n) is 15.0. The Hall–Kier alpha value is -1.37. The number of carbonyl (C=O) groups is 1. The Bertz CT molecular complexity index is 1150. The van der Waals surface area contributed by atoms with Gasteiger partial charge in [-0.15, -0.1) is 0 Å². The van der Waals surface area contributed by atoms with Crippen LogP contribution in [0.3, 0.4) is 0 Å². The molecule has 1 amide bonds. The summed E-state index contributed by atoms with van der Waals surface area (Å²) >= 11 is 19.1. The van der Waals surface area contributed by atoms with Gasteiger partial charge in [-0.05, 0) is 107 Å². The van der Waals surface area contributed by atoms with Crippen molar-refractivity contribution in [1.82, 2.24) is 14.7 Å². The van der Waals surface area contributed by atoms with Crippen LogP contribution in [0.1, 0.15) is 68.9 Å². The first-order valence-corrected chi connectivity index (χ1v) is 16.1. The monoisotopic (exact) mass is 607 g/mol. The maximum Gasteiger partial charge on any atom is 0.227 e. The highest BCUT2D eigenvalue weighted by atomic mass is 35.5. The maximum atomic E-state index is 14.5. The third-order valence-electron chi connectivity index (χ3n) is 9.47. The molecule has 1 atom stereocenters. The first kappa shape index (κ1) is 30.1. The summed E-state index contributed by atoms with van der Waals surface area (Å²) < 4.78 is 14.5. The van der Waals surface area contributed by atoms with Crippen molar-refractivity contribution in [1.29, 1.82) is 0 Å². The maximum absolute atomic E-state index is 14.5. The molecule has 0 spiro atoms. The number of nitrogens with zero attached hydrogens (tertiary/aromatic N) is 3. The molecule has 3 aliphatic heterocycles. The molecule has 0 radical (unpaired) electrons. The van der Waals surface area contributed by atoms with E-state index < -0.39 is 5.82 Å². The van der Waals surface area contributed by atoms with Gasteiger partial charge in [-0.3, -0.25) is 4.79 Å². The van der Waals surface area contributed by atoms with Crippen LogP contribution in [0, 0.1) is 5.82 Å². The van der Waals surface area contributed by atoms with E-state index in [1.54, 1.807) is 12.1 Å². The number of carbonyl (C=O) groups excluding carboxylic acids is 1. The highest BCUT2D eigenvalue weighted by Crippen LogP contribution is 2.40. The van der Waals surface area contributed by atoms with E-state index in [0.717, 1.165) is 56.9 Å². The number of rotatable bonds is 7. The second-order valence-electron chi connectivity index (χ2n) is 12.0. The Labute approximate surface area is 253 Å². The molecule has 8 heteroatoms. The van der Waals surface area contributed by atoms with E-state index in [4.69, 9.17) is 34.8 Å². The number of hydrogen-bond donors (Lipinski definition) is 0. The van der Waals surface area contributed by atoms with Gasteiger partial charge in [-0.25, -0.2) is 4.39 Å². The van der Waals surface area contributed by atoms with Crippen molar-refractivity contribution in [2.45, 2.75) is 75.7 Å². The van der Waals surface area contributed by atoms with Gasteiger partial charge in [0.1, 0.15) is 5.82 Å². The van der Waals surface area contributed by atoms with Crippen molar-refractivity contribution in [3.63, 3.8) is 0 Å². The van der Waals surface area contributed by atoms with Crippen molar-refractivity contribution in [3.8, 4) is 0 Å². The van der Waals surface area contributed by atoms with Gasteiger partial charge in [0.15, 0.2) is 0 Å². The fraction of sp³-hybridized carbons (Fsp3) is 0.594. The summed E-state index contributed by atoms with van der Waals surface area (Å²) in [4.78, 5) is 20.9. The van der Waals surface area contributed by atoms with Crippen molar-refractivity contribution in [2.24, 2.45) is 0 Å². The fourth-order valence-electron chi connectivity index (χ4n) is 7.04. The predicted molar refractivity (Wildman–Crippen MR) is 163 cm³/mol. The highest BCUT2D eigenvalue weighted by molar-refractivity contribution is 6.42. The van der Waals surface area contributed by atoms with Crippen molar-refractivity contribution in [3.05, 3.63) is 68.4 Å². The molecule has 0 aliphatic carbocycles. The number of likely N-dealkylation sites (tertiary alicyclic amines) is 3. The summed E-state index contributed by atoms with van der Waals surface area (Å²) in [7, 11) is 0. The topological polar surface area (TPSA) is 26.8 Å². The molecule has 3 aliphatic rings. The van der Waals surface area contributed by atoms with Gasteiger partial charge >= 0.3 is 0 Å². The van der Waals surface area contributed by atoms with Gasteiger partial charge in [0.25, 0.3) is 0 Å². The van der Waals surface area contributed by atoms with Crippen molar-refractivity contribution >= 4 is 40.7 Å². The zero-order chi connectivity index (χ0) is 28.1. The van der Waals surface area contributed by atoms with E-state index in [0.29, 0.717) is 28.2 Å². The molecule has 3 heterocycles. The minimum absolute atomic E-state index is 0.0347. The molecule has 2 aromatic rings. The standard InChI is InChI=1S/C32H41Cl3FN3O/c33-27-7-6-8-30(36)26(27)22-31(40)39-17-5-2-13-32(23-39,24-9-10-28(34)29(35)21-24)14-20-37-18-11-25(12-19-37)38-15-3-1-4-16-38/h6-10,21,25H,1-5,11-20,22-23H2/t32-/m1/s1. The summed E-state index contributed by atoms with van der Waals surface area (Å²) in [5, 5.41) is 1.38. The summed E-state index contributed by atoms with van der Waals surface area (Å²) in [6.45, 7) is 6.98. The van der Waals surface area contributed by atoms with E-state index in [2.05, 4.69) is 15.9 Å². The van der Waals surface area contributed by atoms with Crippen LogP contribution in [0.15, 0.2) is 36.4 Å². The number of hydrogen-bond acceptors (Lipinski definition) is 3. The van der Waals surface area contributed by atoms with Gasteiger partial charge < -0.3 is 14.7 Å². The largest absolute Gasteiger partial charge is 0.342 e. The molecule has 0 bridgehead atoms. The Morgan fingerprint density at radius 2 is 1.62 bits per heavy atom. The van der Waals surface area contributed by atoms with Gasteiger partial charge in [-0.2, -0.15) is 0 Å². The minimum Gasteiger partial charge on any atom is -0.342 e. The third-order valence-corrected chi connectivity index (χ3v) is 10.6. The van der Waals surface area contributed by atoms with Crippen LogP contribution >= 0.6 is 34.8 Å². The summed E-state index contributed by atoms with van der Waals surface area (Å²) in [6.07, 6.45) is 10.3. The van der Waals surface area contributed by atoms with E-state index in [9.17, 15) is 9.18 Å². The molecule has 218 valence electrons. The van der Waals surface area contributed by atoms with Crippen LogP contribution in [0.5, 0.6) is 0 Å². The van der Waals surface area contributed by atoms with Crippen LogP contribution in [0.2, 0.25) is 15.1 Å². The molecule has 2 aromatic carbocycles. The van der Waals surface area contributed by atoms with E-state index in [-0.39, 0.29) is 23.3 Å². The van der Waals surface area contributed by atoms with E-state index in [1.165, 1.54) is 51.3 Å². The van der Waals surface area contributed by atoms with Crippen LogP contribution in [0.4, 0.5) is 4.39 Å². The summed E-state index contributed by atoms with van der Waals surface area (Å²) in [5.74, 6) is -0.514. The molecule has 0 saturated carbocycles. The Morgan fingerprint density at radius 3 is 2.35 bits per heavy atom. The summed E-state index contributed by atoms with van der Waals surface area (Å²) in [5.41, 5.74) is 1.16. The molecule has 0 N–H and O–H groups in total. The summed E-state index contributed by atoms with van der Waals surface area (Å²) in [6, 6.07) is 11.3. The van der Waals surface area contributed by atoms with Gasteiger partial charge in [0.05, 0.1) is 16.5 Å². The van der Waals surface area contributed by atoms with E-state index in [1.807, 2.05) is 17.0 Å². The molecule has 3 saturated heterocycles. The van der Waals surface area contributed by atoms with Crippen molar-refractivity contribution < 1.29 is 9.18 Å². The van der Waals surface area contributed by atoms with Crippen molar-refractivity contribution in [2.75, 3.05) is 45.8 Å². The lowest BCUT2D eigenvalue weighted by atomic mass is 9.73. The van der Waals surface area contributed by atoms with Crippen LogP contribution in [0.25, 0.3) is 0 Å². The highest BCUT2D eigenvalue weighted by Gasteiger charge is 2.38. The lowest BCUT2D eigenvalue weighted by Gasteiger charge is -2.42. The molecular formula is C32H41Cl3FN3O. The lowest BCUT2D eigenvalue weighted by Crippen LogP contribution is -2.48. The second-order valence-corrected chi connectivity index (χ2v) is 13.2. The molecule has 4 nitrogen and oxygen atoms in total. The number of benzene rings is 2. The van der Waals surface area contributed by atoms with E-state index >= 15 is 0 Å². The SMILES string of the molecule is O=C(Cc1c(F)cccc1Cl)N1CCCC[C@](CCN2CCC(N3CCCCC3)CC2)(c2ccc(Cl)c(Cl)c2)C1. The predicted octanol–water partition coefficient (Wildman–Crippen LogP) is 7.62. The molecular weight excluding hydrogens is 568 g/mol. The minimum atomic E-state index is -0.431.